The molecule has 0 fully saturated rings. The van der Waals surface area contributed by atoms with E-state index in [1.54, 1.807) is 36.4 Å². The Labute approximate surface area is 190 Å². The van der Waals surface area contributed by atoms with E-state index in [-0.39, 0.29) is 18.8 Å². The first-order valence-electron chi connectivity index (χ1n) is 10.0. The van der Waals surface area contributed by atoms with Crippen molar-refractivity contribution in [3.8, 4) is 17.6 Å². The highest BCUT2D eigenvalue weighted by Crippen LogP contribution is 2.17. The number of halogens is 1. The molecule has 0 saturated carbocycles. The van der Waals surface area contributed by atoms with Crippen molar-refractivity contribution in [3.63, 3.8) is 0 Å². The number of methoxy groups -OCH3 is 1. The number of hydrogen-bond acceptors (Lipinski definition) is 5. The fourth-order valence-corrected chi connectivity index (χ4v) is 3.07. The Kier molecular flexibility index (Phi) is 8.17. The quantitative estimate of drug-likeness (QED) is 0.235. The number of rotatable bonds is 8. The van der Waals surface area contributed by atoms with E-state index in [0.29, 0.717) is 22.6 Å². The summed E-state index contributed by atoms with van der Waals surface area (Å²) in [6, 6.07) is 19.9. The van der Waals surface area contributed by atoms with Crippen LogP contribution in [0.4, 0.5) is 4.39 Å². The molecule has 0 spiro atoms. The lowest BCUT2D eigenvalue weighted by Crippen LogP contribution is -2.24. The van der Waals surface area contributed by atoms with Crippen LogP contribution < -0.4 is 4.74 Å². The summed E-state index contributed by atoms with van der Waals surface area (Å²) < 4.78 is 23.7. The molecule has 3 aromatic carbocycles. The largest absolute Gasteiger partial charge is 0.481 e. The van der Waals surface area contributed by atoms with Gasteiger partial charge in [0, 0.05) is 30.2 Å². The molecule has 0 unspecified atom stereocenters. The lowest BCUT2D eigenvalue weighted by molar-refractivity contribution is -0.148. The van der Waals surface area contributed by atoms with Gasteiger partial charge in [0.25, 0.3) is 0 Å². The molecule has 2 N–H and O–H groups in total. The molecule has 3 aromatic rings. The van der Waals surface area contributed by atoms with Crippen molar-refractivity contribution >= 4 is 11.7 Å². The van der Waals surface area contributed by atoms with Crippen LogP contribution in [0.2, 0.25) is 0 Å². The summed E-state index contributed by atoms with van der Waals surface area (Å²) in [4.78, 5) is 11.0. The molecule has 33 heavy (non-hydrogen) atoms. The summed E-state index contributed by atoms with van der Waals surface area (Å²) in [5.41, 5.74) is 3.19. The van der Waals surface area contributed by atoms with Gasteiger partial charge in [0.15, 0.2) is 6.10 Å². The number of ether oxygens (including phenoxy) is 2. The number of benzene rings is 3. The third-order valence-corrected chi connectivity index (χ3v) is 4.82. The summed E-state index contributed by atoms with van der Waals surface area (Å²) in [7, 11) is 1.37. The molecule has 0 heterocycles. The summed E-state index contributed by atoms with van der Waals surface area (Å²) in [6.07, 6.45) is -0.597. The van der Waals surface area contributed by atoms with Crippen LogP contribution in [0.15, 0.2) is 78.0 Å². The molecule has 0 aliphatic carbocycles. The smallest absolute Gasteiger partial charge is 0.333 e. The molecule has 1 atom stereocenters. The van der Waals surface area contributed by atoms with Gasteiger partial charge < -0.3 is 19.8 Å². The lowest BCUT2D eigenvalue weighted by atomic mass is 10.0. The van der Waals surface area contributed by atoms with Gasteiger partial charge in [0.05, 0.1) is 0 Å². The second-order valence-corrected chi connectivity index (χ2v) is 7.03. The van der Waals surface area contributed by atoms with E-state index in [1.165, 1.54) is 19.2 Å². The lowest BCUT2D eigenvalue weighted by Gasteiger charge is -2.10. The monoisotopic (exact) mass is 447 g/mol. The number of oxime groups is 1. The molecular formula is C26H22FNO5. The molecule has 0 aliphatic rings. The molecule has 0 aliphatic heterocycles. The molecule has 0 aromatic heterocycles. The first kappa shape index (κ1) is 23.5. The van der Waals surface area contributed by atoms with Gasteiger partial charge in [0.2, 0.25) is 0 Å². The number of aliphatic carboxylic acids is 1. The second kappa shape index (κ2) is 11.5. The topological polar surface area (TPSA) is 88.4 Å². The van der Waals surface area contributed by atoms with E-state index in [1.807, 2.05) is 24.3 Å². The summed E-state index contributed by atoms with van der Waals surface area (Å²) in [6.45, 7) is 0.171. The first-order chi connectivity index (χ1) is 16.0. The summed E-state index contributed by atoms with van der Waals surface area (Å²) in [5.74, 6) is 5.15. The molecule has 3 rings (SSSR count). The highest BCUT2D eigenvalue weighted by Gasteiger charge is 2.16. The minimum absolute atomic E-state index is 0.171. The maximum Gasteiger partial charge on any atom is 0.333 e. The van der Waals surface area contributed by atoms with Gasteiger partial charge >= 0.3 is 5.97 Å². The van der Waals surface area contributed by atoms with Crippen LogP contribution in [-0.2, 0) is 16.0 Å². The van der Waals surface area contributed by atoms with E-state index in [9.17, 15) is 14.4 Å². The Morgan fingerprint density at radius 1 is 1.00 bits per heavy atom. The van der Waals surface area contributed by atoms with Gasteiger partial charge in [-0.3, -0.25) is 0 Å². The van der Waals surface area contributed by atoms with E-state index in [4.69, 9.17) is 14.6 Å². The Bertz CT molecular complexity index is 1160. The maximum atomic E-state index is 13.1. The molecule has 6 nitrogen and oxygen atoms in total. The van der Waals surface area contributed by atoms with Crippen molar-refractivity contribution in [2.24, 2.45) is 5.16 Å². The zero-order valence-electron chi connectivity index (χ0n) is 17.9. The number of nitrogens with zero attached hydrogens (tertiary/aromatic N) is 1. The summed E-state index contributed by atoms with van der Waals surface area (Å²) >= 11 is 0. The van der Waals surface area contributed by atoms with Crippen LogP contribution in [0.1, 0.15) is 22.3 Å². The van der Waals surface area contributed by atoms with E-state index in [2.05, 4.69) is 17.0 Å². The zero-order valence-corrected chi connectivity index (χ0v) is 17.9. The van der Waals surface area contributed by atoms with Crippen LogP contribution in [0.3, 0.4) is 0 Å². The van der Waals surface area contributed by atoms with Crippen LogP contribution >= 0.6 is 0 Å². The van der Waals surface area contributed by atoms with E-state index in [0.717, 1.165) is 11.1 Å². The van der Waals surface area contributed by atoms with Crippen molar-refractivity contribution in [1.29, 1.82) is 0 Å². The van der Waals surface area contributed by atoms with Crippen LogP contribution in [0, 0.1) is 17.7 Å². The molecule has 0 bridgehead atoms. The minimum atomic E-state index is -0.998. The Morgan fingerprint density at radius 3 is 2.15 bits per heavy atom. The standard InChI is InChI=1S/C26H22FNO5/c1-32-24(26(29)30)17-19-6-4-18(5-7-19)3-2-16-33-23-14-10-21(11-15-23)25(28-31)20-8-12-22(27)13-9-20/h4-15,24,31H,16-17H2,1H3,(H,29,30)/t24-/m0/s1. The average molecular weight is 447 g/mol. The predicted octanol–water partition coefficient (Wildman–Crippen LogP) is 4.12. The average Bonchev–Trinajstić information content (AvgIpc) is 2.83. The first-order valence-corrected chi connectivity index (χ1v) is 10.0. The fraction of sp³-hybridized carbons (Fsp3) is 0.154. The van der Waals surface area contributed by atoms with Crippen molar-refractivity contribution in [2.45, 2.75) is 12.5 Å². The van der Waals surface area contributed by atoms with Crippen molar-refractivity contribution < 1.29 is 29.0 Å². The number of carboxylic acid groups (broad SMARTS) is 1. The molecule has 7 heteroatoms. The van der Waals surface area contributed by atoms with Gasteiger partial charge in [-0.1, -0.05) is 29.1 Å². The van der Waals surface area contributed by atoms with Gasteiger partial charge in [-0.25, -0.2) is 9.18 Å². The molecule has 168 valence electrons. The maximum absolute atomic E-state index is 13.1. The van der Waals surface area contributed by atoms with E-state index >= 15 is 0 Å². The Hall–Kier alpha value is -4.15. The SMILES string of the molecule is CO[C@@H](Cc1ccc(C#CCOc2ccc(C(=NO)c3ccc(F)cc3)cc2)cc1)C(=O)O. The summed E-state index contributed by atoms with van der Waals surface area (Å²) in [5, 5.41) is 21.7. The van der Waals surface area contributed by atoms with Gasteiger partial charge in [-0.15, -0.1) is 0 Å². The highest BCUT2D eigenvalue weighted by atomic mass is 19.1. The van der Waals surface area contributed by atoms with Gasteiger partial charge in [0.1, 0.15) is 23.9 Å². The molecule has 0 saturated heterocycles. The molecule has 0 amide bonds. The number of hydrogen-bond donors (Lipinski definition) is 2. The molecular weight excluding hydrogens is 425 g/mol. The van der Waals surface area contributed by atoms with Crippen LogP contribution in [0.5, 0.6) is 5.75 Å². The van der Waals surface area contributed by atoms with Gasteiger partial charge in [-0.2, -0.15) is 0 Å². The highest BCUT2D eigenvalue weighted by molar-refractivity contribution is 6.12. The number of carboxylic acids is 1. The number of carbonyl (C=O) groups is 1. The van der Waals surface area contributed by atoms with Crippen molar-refractivity contribution in [2.75, 3.05) is 13.7 Å². The third kappa shape index (κ3) is 6.66. The normalized spacial score (nSPS) is 11.9. The van der Waals surface area contributed by atoms with Crippen molar-refractivity contribution in [1.82, 2.24) is 0 Å². The zero-order chi connectivity index (χ0) is 23.6. The Morgan fingerprint density at radius 2 is 1.61 bits per heavy atom. The van der Waals surface area contributed by atoms with Crippen LogP contribution in [0.25, 0.3) is 0 Å². The predicted molar refractivity (Wildman–Crippen MR) is 121 cm³/mol. The second-order valence-electron chi connectivity index (χ2n) is 7.03. The van der Waals surface area contributed by atoms with E-state index < -0.39 is 12.1 Å². The third-order valence-electron chi connectivity index (χ3n) is 4.82. The fourth-order valence-electron chi connectivity index (χ4n) is 3.07. The molecule has 0 radical (unpaired) electrons. The Balaban J connectivity index is 1.55. The van der Waals surface area contributed by atoms with Gasteiger partial charge in [-0.05, 0) is 66.2 Å². The van der Waals surface area contributed by atoms with Crippen molar-refractivity contribution in [3.05, 3.63) is 101 Å². The minimum Gasteiger partial charge on any atom is -0.481 e. The van der Waals surface area contributed by atoms with Crippen LogP contribution in [-0.4, -0.2) is 41.8 Å².